The molecule has 0 aromatic heterocycles. The van der Waals surface area contributed by atoms with E-state index in [2.05, 4.69) is 39.0 Å². The van der Waals surface area contributed by atoms with Crippen molar-refractivity contribution in [3.8, 4) is 5.75 Å². The van der Waals surface area contributed by atoms with Crippen molar-refractivity contribution in [3.63, 3.8) is 0 Å². The predicted octanol–water partition coefficient (Wildman–Crippen LogP) is 2.88. The summed E-state index contributed by atoms with van der Waals surface area (Å²) >= 11 is 0. The lowest BCUT2D eigenvalue weighted by atomic mass is 9.84. The van der Waals surface area contributed by atoms with Gasteiger partial charge in [0.15, 0.2) is 0 Å². The molecular formula is C14H23NO. The third-order valence-corrected chi connectivity index (χ3v) is 2.65. The molecule has 0 fully saturated rings. The summed E-state index contributed by atoms with van der Waals surface area (Å²) < 4.78 is 5.55. The molecule has 0 bridgehead atoms. The minimum Gasteiger partial charge on any atom is -0.496 e. The van der Waals surface area contributed by atoms with Gasteiger partial charge in [0, 0.05) is 6.04 Å². The molecule has 0 heterocycles. The second kappa shape index (κ2) is 4.88. The standard InChI is InChI=1S/C14H23NO/c1-10(15)9-11-7-6-8-12(13(11)16-5)14(2,3)4/h6-8,10H,9,15H2,1-5H3. The number of hydrogen-bond donors (Lipinski definition) is 1. The first kappa shape index (κ1) is 13.0. The largest absolute Gasteiger partial charge is 0.496 e. The Hall–Kier alpha value is -1.02. The Morgan fingerprint density at radius 2 is 1.94 bits per heavy atom. The van der Waals surface area contributed by atoms with Gasteiger partial charge in [-0.1, -0.05) is 39.0 Å². The zero-order valence-corrected chi connectivity index (χ0v) is 11.0. The van der Waals surface area contributed by atoms with Gasteiger partial charge in [-0.15, -0.1) is 0 Å². The maximum atomic E-state index is 5.85. The molecule has 1 aromatic rings. The first-order chi connectivity index (χ1) is 7.36. The second-order valence-corrected chi connectivity index (χ2v) is 5.43. The summed E-state index contributed by atoms with van der Waals surface area (Å²) in [4.78, 5) is 0. The fourth-order valence-electron chi connectivity index (χ4n) is 1.92. The van der Waals surface area contributed by atoms with Gasteiger partial charge in [0.05, 0.1) is 7.11 Å². The minimum absolute atomic E-state index is 0.0964. The Labute approximate surface area is 98.8 Å². The third kappa shape index (κ3) is 2.99. The highest BCUT2D eigenvalue weighted by molar-refractivity contribution is 5.45. The zero-order valence-electron chi connectivity index (χ0n) is 11.0. The van der Waals surface area contributed by atoms with Crippen molar-refractivity contribution in [1.82, 2.24) is 0 Å². The molecule has 2 nitrogen and oxygen atoms in total. The average Bonchev–Trinajstić information content (AvgIpc) is 2.15. The summed E-state index contributed by atoms with van der Waals surface area (Å²) in [6.07, 6.45) is 0.854. The van der Waals surface area contributed by atoms with Gasteiger partial charge in [-0.3, -0.25) is 0 Å². The monoisotopic (exact) mass is 221 g/mol. The molecule has 1 aromatic carbocycles. The van der Waals surface area contributed by atoms with E-state index in [1.807, 2.05) is 6.92 Å². The molecule has 0 radical (unpaired) electrons. The van der Waals surface area contributed by atoms with Crippen LogP contribution in [0.15, 0.2) is 18.2 Å². The van der Waals surface area contributed by atoms with E-state index in [1.54, 1.807) is 7.11 Å². The van der Waals surface area contributed by atoms with Crippen LogP contribution in [0.5, 0.6) is 5.75 Å². The van der Waals surface area contributed by atoms with Crippen molar-refractivity contribution in [3.05, 3.63) is 29.3 Å². The van der Waals surface area contributed by atoms with Gasteiger partial charge in [0.1, 0.15) is 5.75 Å². The fraction of sp³-hybridized carbons (Fsp3) is 0.571. The van der Waals surface area contributed by atoms with Gasteiger partial charge >= 0.3 is 0 Å². The number of ether oxygens (including phenoxy) is 1. The molecule has 0 amide bonds. The molecule has 0 aliphatic carbocycles. The molecule has 0 aliphatic heterocycles. The normalized spacial score (nSPS) is 13.6. The highest BCUT2D eigenvalue weighted by Crippen LogP contribution is 2.34. The Morgan fingerprint density at radius 3 is 2.38 bits per heavy atom. The number of nitrogens with two attached hydrogens (primary N) is 1. The topological polar surface area (TPSA) is 35.2 Å². The van der Waals surface area contributed by atoms with Gasteiger partial charge in [0.25, 0.3) is 0 Å². The molecule has 1 rings (SSSR count). The molecule has 2 heteroatoms. The summed E-state index contributed by atoms with van der Waals surface area (Å²) in [5.41, 5.74) is 8.39. The van der Waals surface area contributed by atoms with Gasteiger partial charge in [0.2, 0.25) is 0 Å². The quantitative estimate of drug-likeness (QED) is 0.851. The lowest BCUT2D eigenvalue weighted by Crippen LogP contribution is -2.20. The fourth-order valence-corrected chi connectivity index (χ4v) is 1.92. The lowest BCUT2D eigenvalue weighted by molar-refractivity contribution is 0.391. The van der Waals surface area contributed by atoms with Gasteiger partial charge in [-0.05, 0) is 29.9 Å². The SMILES string of the molecule is COc1c(CC(C)N)cccc1C(C)(C)C. The number of benzene rings is 1. The van der Waals surface area contributed by atoms with Crippen LogP contribution in [0.1, 0.15) is 38.8 Å². The summed E-state index contributed by atoms with van der Waals surface area (Å²) in [5.74, 6) is 0.993. The van der Waals surface area contributed by atoms with Crippen LogP contribution in [-0.4, -0.2) is 13.2 Å². The Morgan fingerprint density at radius 1 is 1.31 bits per heavy atom. The van der Waals surface area contributed by atoms with Crippen LogP contribution in [0.4, 0.5) is 0 Å². The van der Waals surface area contributed by atoms with Crippen molar-refractivity contribution in [2.24, 2.45) is 5.73 Å². The molecule has 0 saturated carbocycles. The van der Waals surface area contributed by atoms with Gasteiger partial charge in [-0.25, -0.2) is 0 Å². The van der Waals surface area contributed by atoms with Crippen LogP contribution in [0, 0.1) is 0 Å². The van der Waals surface area contributed by atoms with E-state index in [0.29, 0.717) is 0 Å². The molecule has 1 unspecified atom stereocenters. The van der Waals surface area contributed by atoms with E-state index >= 15 is 0 Å². The average molecular weight is 221 g/mol. The number of rotatable bonds is 3. The van der Waals surface area contributed by atoms with E-state index in [0.717, 1.165) is 12.2 Å². The molecule has 2 N–H and O–H groups in total. The summed E-state index contributed by atoms with van der Waals surface area (Å²) in [6, 6.07) is 6.46. The Bertz CT molecular complexity index is 350. The third-order valence-electron chi connectivity index (χ3n) is 2.65. The van der Waals surface area contributed by atoms with Crippen LogP contribution in [-0.2, 0) is 11.8 Å². The maximum Gasteiger partial charge on any atom is 0.125 e. The minimum atomic E-state index is 0.0964. The van der Waals surface area contributed by atoms with Crippen molar-refractivity contribution < 1.29 is 4.74 Å². The van der Waals surface area contributed by atoms with Crippen LogP contribution < -0.4 is 10.5 Å². The first-order valence-corrected chi connectivity index (χ1v) is 5.78. The van der Waals surface area contributed by atoms with Crippen molar-refractivity contribution in [2.75, 3.05) is 7.11 Å². The van der Waals surface area contributed by atoms with E-state index in [9.17, 15) is 0 Å². The zero-order chi connectivity index (χ0) is 12.3. The molecule has 0 spiro atoms. The molecule has 0 saturated heterocycles. The Kier molecular flexibility index (Phi) is 3.98. The summed E-state index contributed by atoms with van der Waals surface area (Å²) in [5, 5.41) is 0. The molecule has 0 aliphatic rings. The smallest absolute Gasteiger partial charge is 0.125 e. The maximum absolute atomic E-state index is 5.85. The van der Waals surface area contributed by atoms with Crippen LogP contribution >= 0.6 is 0 Å². The highest BCUT2D eigenvalue weighted by Gasteiger charge is 2.20. The summed E-state index contributed by atoms with van der Waals surface area (Å²) in [7, 11) is 1.73. The Balaban J connectivity index is 3.21. The first-order valence-electron chi connectivity index (χ1n) is 5.78. The van der Waals surface area contributed by atoms with Gasteiger partial charge in [-0.2, -0.15) is 0 Å². The van der Waals surface area contributed by atoms with Crippen molar-refractivity contribution in [1.29, 1.82) is 0 Å². The predicted molar refractivity (Wildman–Crippen MR) is 69.0 cm³/mol. The van der Waals surface area contributed by atoms with Crippen LogP contribution in [0.25, 0.3) is 0 Å². The lowest BCUT2D eigenvalue weighted by Gasteiger charge is -2.24. The van der Waals surface area contributed by atoms with E-state index in [4.69, 9.17) is 10.5 Å². The highest BCUT2D eigenvalue weighted by atomic mass is 16.5. The van der Waals surface area contributed by atoms with Crippen molar-refractivity contribution in [2.45, 2.75) is 45.6 Å². The van der Waals surface area contributed by atoms with E-state index < -0.39 is 0 Å². The molecule has 16 heavy (non-hydrogen) atoms. The summed E-state index contributed by atoms with van der Waals surface area (Å²) in [6.45, 7) is 8.60. The van der Waals surface area contributed by atoms with E-state index in [-0.39, 0.29) is 11.5 Å². The number of hydrogen-bond acceptors (Lipinski definition) is 2. The van der Waals surface area contributed by atoms with Crippen molar-refractivity contribution >= 4 is 0 Å². The molecule has 90 valence electrons. The van der Waals surface area contributed by atoms with E-state index in [1.165, 1.54) is 11.1 Å². The number of methoxy groups -OCH3 is 1. The molecular weight excluding hydrogens is 198 g/mol. The number of para-hydroxylation sites is 1. The molecule has 1 atom stereocenters. The van der Waals surface area contributed by atoms with Gasteiger partial charge < -0.3 is 10.5 Å². The van der Waals surface area contributed by atoms with Crippen LogP contribution in [0.2, 0.25) is 0 Å². The van der Waals surface area contributed by atoms with Crippen LogP contribution in [0.3, 0.4) is 0 Å². The second-order valence-electron chi connectivity index (χ2n) is 5.43.